The van der Waals surface area contributed by atoms with E-state index in [1.165, 1.54) is 0 Å². The number of carbonyl (C=O) groups is 1. The molecular formula is C13H15FO2. The fourth-order valence-corrected chi connectivity index (χ4v) is 2.42. The number of hydrogen-bond acceptors (Lipinski definition) is 1. The van der Waals surface area contributed by atoms with Crippen LogP contribution in [0.2, 0.25) is 0 Å². The molecule has 0 heterocycles. The van der Waals surface area contributed by atoms with Gasteiger partial charge in [-0.25, -0.2) is 4.39 Å². The number of carboxylic acids is 1. The predicted molar refractivity (Wildman–Crippen MR) is 59.1 cm³/mol. The van der Waals surface area contributed by atoms with Gasteiger partial charge in [-0.3, -0.25) is 4.79 Å². The first-order chi connectivity index (χ1) is 7.68. The number of hydrogen-bond donors (Lipinski definition) is 1. The number of aliphatic carboxylic acids is 1. The van der Waals surface area contributed by atoms with Crippen LogP contribution < -0.4 is 0 Å². The summed E-state index contributed by atoms with van der Waals surface area (Å²) < 4.78 is 13.6. The Morgan fingerprint density at radius 3 is 2.69 bits per heavy atom. The largest absolute Gasteiger partial charge is 0.481 e. The zero-order valence-corrected chi connectivity index (χ0v) is 9.03. The van der Waals surface area contributed by atoms with Crippen molar-refractivity contribution in [3.8, 4) is 0 Å². The summed E-state index contributed by atoms with van der Waals surface area (Å²) in [6.07, 6.45) is 1.17. The Morgan fingerprint density at radius 1 is 1.31 bits per heavy atom. The van der Waals surface area contributed by atoms with Crippen LogP contribution in [-0.2, 0) is 4.79 Å². The molecule has 1 aromatic rings. The molecule has 0 aromatic heterocycles. The molecule has 1 N–H and O–H groups in total. The first-order valence-corrected chi connectivity index (χ1v) is 5.63. The lowest BCUT2D eigenvalue weighted by Gasteiger charge is -2.27. The van der Waals surface area contributed by atoms with Gasteiger partial charge in [0.05, 0.1) is 0 Å². The summed E-state index contributed by atoms with van der Waals surface area (Å²) in [4.78, 5) is 10.5. The maximum absolute atomic E-state index is 13.6. The second-order valence-electron chi connectivity index (χ2n) is 4.30. The Kier molecular flexibility index (Phi) is 3.22. The van der Waals surface area contributed by atoms with Gasteiger partial charge in [0.25, 0.3) is 0 Å². The Bertz CT molecular complexity index is 389. The zero-order valence-electron chi connectivity index (χ0n) is 9.03. The minimum absolute atomic E-state index is 0.163. The minimum atomic E-state index is -0.878. The van der Waals surface area contributed by atoms with Crippen molar-refractivity contribution < 1.29 is 14.3 Å². The van der Waals surface area contributed by atoms with Crippen molar-refractivity contribution >= 4 is 5.97 Å². The molecule has 1 aliphatic carbocycles. The van der Waals surface area contributed by atoms with Crippen molar-refractivity contribution in [3.63, 3.8) is 0 Å². The molecule has 1 aliphatic rings. The number of alkyl halides is 1. The Labute approximate surface area is 94.1 Å². The zero-order chi connectivity index (χ0) is 11.5. The first kappa shape index (κ1) is 11.1. The molecule has 1 aromatic carbocycles. The average molecular weight is 222 g/mol. The Balaban J connectivity index is 2.18. The fourth-order valence-electron chi connectivity index (χ4n) is 2.42. The number of carboxylic acid groups (broad SMARTS) is 1. The van der Waals surface area contributed by atoms with Crippen LogP contribution in [-0.4, -0.2) is 11.1 Å². The highest BCUT2D eigenvalue weighted by Gasteiger charge is 2.26. The lowest BCUT2D eigenvalue weighted by molar-refractivity contribution is -0.137. The van der Waals surface area contributed by atoms with Crippen LogP contribution >= 0.6 is 0 Å². The van der Waals surface area contributed by atoms with Gasteiger partial charge in [0.15, 0.2) is 0 Å². The van der Waals surface area contributed by atoms with E-state index in [9.17, 15) is 9.18 Å². The lowest BCUT2D eigenvalue weighted by Crippen LogP contribution is -2.13. The molecule has 16 heavy (non-hydrogen) atoms. The van der Waals surface area contributed by atoms with E-state index in [-0.39, 0.29) is 12.3 Å². The molecule has 3 heteroatoms. The van der Waals surface area contributed by atoms with E-state index in [0.29, 0.717) is 12.8 Å². The minimum Gasteiger partial charge on any atom is -0.481 e. The summed E-state index contributed by atoms with van der Waals surface area (Å²) in [5, 5.41) is 8.67. The van der Waals surface area contributed by atoms with Gasteiger partial charge in [0.1, 0.15) is 6.17 Å². The second kappa shape index (κ2) is 4.64. The second-order valence-corrected chi connectivity index (χ2v) is 4.30. The van der Waals surface area contributed by atoms with Gasteiger partial charge < -0.3 is 5.11 Å². The summed E-state index contributed by atoms with van der Waals surface area (Å²) in [5.74, 6) is -0.570. The molecule has 0 spiro atoms. The number of rotatable bonds is 3. The van der Waals surface area contributed by atoms with Gasteiger partial charge in [0, 0.05) is 6.42 Å². The van der Waals surface area contributed by atoms with Crippen LogP contribution in [0.3, 0.4) is 0 Å². The number of halogens is 1. The van der Waals surface area contributed by atoms with Crippen LogP contribution in [0.5, 0.6) is 0 Å². The molecule has 0 radical (unpaired) electrons. The maximum atomic E-state index is 13.6. The van der Waals surface area contributed by atoms with Crippen LogP contribution in [0.4, 0.5) is 4.39 Å². The smallest absolute Gasteiger partial charge is 0.303 e. The standard InChI is InChI=1S/C13H15FO2/c14-12-7-5-9(6-8-13(15)16)10-3-1-2-4-11(10)12/h1-4,9,12H,5-8H2,(H,15,16). The molecule has 0 amide bonds. The molecule has 0 bridgehead atoms. The molecule has 86 valence electrons. The predicted octanol–water partition coefficient (Wildman–Crippen LogP) is 3.44. The van der Waals surface area contributed by atoms with Crippen LogP contribution in [0.1, 0.15) is 48.9 Å². The van der Waals surface area contributed by atoms with E-state index in [2.05, 4.69) is 0 Å². The van der Waals surface area contributed by atoms with Crippen LogP contribution in [0, 0.1) is 0 Å². The molecular weight excluding hydrogens is 207 g/mol. The quantitative estimate of drug-likeness (QED) is 0.850. The average Bonchev–Trinajstić information content (AvgIpc) is 2.28. The van der Waals surface area contributed by atoms with E-state index in [0.717, 1.165) is 17.5 Å². The third kappa shape index (κ3) is 2.23. The highest BCUT2D eigenvalue weighted by Crippen LogP contribution is 2.41. The van der Waals surface area contributed by atoms with Crippen molar-refractivity contribution in [1.29, 1.82) is 0 Å². The molecule has 0 aliphatic heterocycles. The normalized spacial score (nSPS) is 23.8. The summed E-state index contributed by atoms with van der Waals surface area (Å²) in [7, 11) is 0. The van der Waals surface area contributed by atoms with Crippen molar-refractivity contribution in [2.45, 2.75) is 37.8 Å². The maximum Gasteiger partial charge on any atom is 0.303 e. The van der Waals surface area contributed by atoms with Gasteiger partial charge in [-0.1, -0.05) is 24.3 Å². The number of fused-ring (bicyclic) bond motifs is 1. The van der Waals surface area contributed by atoms with Gasteiger partial charge >= 0.3 is 5.97 Å². The van der Waals surface area contributed by atoms with Crippen molar-refractivity contribution in [2.75, 3.05) is 0 Å². The van der Waals surface area contributed by atoms with Gasteiger partial charge in [-0.15, -0.1) is 0 Å². The fraction of sp³-hybridized carbons (Fsp3) is 0.462. The molecule has 2 unspecified atom stereocenters. The summed E-state index contributed by atoms with van der Waals surface area (Å²) in [5.41, 5.74) is 1.76. The van der Waals surface area contributed by atoms with Crippen LogP contribution in [0.15, 0.2) is 24.3 Å². The van der Waals surface area contributed by atoms with Crippen molar-refractivity contribution in [2.24, 2.45) is 0 Å². The third-order valence-corrected chi connectivity index (χ3v) is 3.25. The van der Waals surface area contributed by atoms with E-state index in [1.54, 1.807) is 0 Å². The van der Waals surface area contributed by atoms with Gasteiger partial charge in [0.2, 0.25) is 0 Å². The Hall–Kier alpha value is -1.38. The van der Waals surface area contributed by atoms with E-state index >= 15 is 0 Å². The lowest BCUT2D eigenvalue weighted by atomic mass is 9.79. The third-order valence-electron chi connectivity index (χ3n) is 3.25. The highest BCUT2D eigenvalue weighted by molar-refractivity contribution is 5.66. The van der Waals surface area contributed by atoms with Gasteiger partial charge in [-0.2, -0.15) is 0 Å². The topological polar surface area (TPSA) is 37.3 Å². The van der Waals surface area contributed by atoms with Crippen molar-refractivity contribution in [1.82, 2.24) is 0 Å². The van der Waals surface area contributed by atoms with Crippen molar-refractivity contribution in [3.05, 3.63) is 35.4 Å². The first-order valence-electron chi connectivity index (χ1n) is 5.63. The van der Waals surface area contributed by atoms with E-state index in [1.807, 2.05) is 24.3 Å². The molecule has 0 fully saturated rings. The Morgan fingerprint density at radius 2 is 2.00 bits per heavy atom. The summed E-state index contributed by atoms with van der Waals surface area (Å²) in [6.45, 7) is 0. The highest BCUT2D eigenvalue weighted by atomic mass is 19.1. The molecule has 2 atom stereocenters. The van der Waals surface area contributed by atoms with E-state index < -0.39 is 12.1 Å². The molecule has 2 nitrogen and oxygen atoms in total. The monoisotopic (exact) mass is 222 g/mol. The van der Waals surface area contributed by atoms with Gasteiger partial charge in [-0.05, 0) is 36.3 Å². The van der Waals surface area contributed by atoms with E-state index in [4.69, 9.17) is 5.11 Å². The molecule has 2 rings (SSSR count). The molecule has 0 saturated carbocycles. The molecule has 0 saturated heterocycles. The number of benzene rings is 1. The van der Waals surface area contributed by atoms with Crippen LogP contribution in [0.25, 0.3) is 0 Å². The summed E-state index contributed by atoms with van der Waals surface area (Å²) >= 11 is 0. The summed E-state index contributed by atoms with van der Waals surface area (Å²) in [6, 6.07) is 7.47. The SMILES string of the molecule is O=C(O)CCC1CCC(F)c2ccccc21.